The van der Waals surface area contributed by atoms with Gasteiger partial charge in [-0.25, -0.2) is 9.36 Å². The molecular formula is C18H29NO6PS+. The molecule has 0 saturated carbocycles. The summed E-state index contributed by atoms with van der Waals surface area (Å²) in [4.78, 5) is 22.6. The van der Waals surface area contributed by atoms with E-state index in [-0.39, 0.29) is 18.8 Å². The first-order chi connectivity index (χ1) is 12.5. The first-order valence-corrected chi connectivity index (χ1v) is 10.9. The van der Waals surface area contributed by atoms with Gasteiger partial charge in [0.2, 0.25) is 0 Å². The van der Waals surface area contributed by atoms with E-state index in [2.05, 4.69) is 6.58 Å². The summed E-state index contributed by atoms with van der Waals surface area (Å²) in [5.41, 5.74) is 0.246. The van der Waals surface area contributed by atoms with Gasteiger partial charge in [-0.2, -0.15) is 0 Å². The lowest BCUT2D eigenvalue weighted by Crippen LogP contribution is -2.37. The summed E-state index contributed by atoms with van der Waals surface area (Å²) in [6, 6.07) is 9.51. The number of phosphoric ester groups is 1. The van der Waals surface area contributed by atoms with Gasteiger partial charge >= 0.3 is 13.8 Å². The molecule has 0 spiro atoms. The van der Waals surface area contributed by atoms with Crippen LogP contribution in [0.3, 0.4) is 0 Å². The zero-order valence-corrected chi connectivity index (χ0v) is 18.0. The van der Waals surface area contributed by atoms with Crippen LogP contribution in [0.5, 0.6) is 0 Å². The van der Waals surface area contributed by atoms with E-state index in [9.17, 15) is 14.3 Å². The lowest BCUT2D eigenvalue weighted by molar-refractivity contribution is -0.870. The Morgan fingerprint density at radius 1 is 1.30 bits per heavy atom. The van der Waals surface area contributed by atoms with Gasteiger partial charge in [0.1, 0.15) is 25.9 Å². The number of esters is 1. The maximum absolute atomic E-state index is 12.2. The van der Waals surface area contributed by atoms with Crippen LogP contribution in [0.25, 0.3) is 0 Å². The van der Waals surface area contributed by atoms with Gasteiger partial charge in [-0.1, -0.05) is 24.8 Å². The van der Waals surface area contributed by atoms with E-state index in [0.29, 0.717) is 16.8 Å². The molecule has 0 aliphatic carbocycles. The van der Waals surface area contributed by atoms with Crippen molar-refractivity contribution in [2.45, 2.75) is 17.9 Å². The number of hydrogen-bond donors (Lipinski definition) is 1. The third kappa shape index (κ3) is 11.3. The summed E-state index contributed by atoms with van der Waals surface area (Å²) in [6.45, 7) is 5.49. The fourth-order valence-corrected chi connectivity index (χ4v) is 3.63. The predicted octanol–water partition coefficient (Wildman–Crippen LogP) is 3.11. The Bertz CT molecular complexity index is 662. The number of ether oxygens (including phenoxy) is 1. The van der Waals surface area contributed by atoms with Crippen LogP contribution in [0.15, 0.2) is 47.4 Å². The number of quaternary nitrogens is 1. The van der Waals surface area contributed by atoms with Crippen molar-refractivity contribution in [1.82, 2.24) is 0 Å². The Kier molecular flexibility index (Phi) is 9.73. The highest BCUT2D eigenvalue weighted by Gasteiger charge is 2.28. The molecule has 0 aliphatic heterocycles. The smallest absolute Gasteiger partial charge is 0.460 e. The third-order valence-electron chi connectivity index (χ3n) is 3.23. The lowest BCUT2D eigenvalue weighted by Gasteiger charge is -2.25. The summed E-state index contributed by atoms with van der Waals surface area (Å²) < 4.78 is 28.2. The van der Waals surface area contributed by atoms with Crippen molar-refractivity contribution in [3.05, 3.63) is 42.5 Å². The van der Waals surface area contributed by atoms with E-state index < -0.39 is 19.9 Å². The van der Waals surface area contributed by atoms with Crippen molar-refractivity contribution in [3.63, 3.8) is 0 Å². The van der Waals surface area contributed by atoms with Gasteiger partial charge in [0.05, 0.1) is 21.1 Å². The highest BCUT2D eigenvalue weighted by Crippen LogP contribution is 2.45. The Balaban J connectivity index is 2.66. The van der Waals surface area contributed by atoms with Crippen molar-refractivity contribution in [1.29, 1.82) is 0 Å². The maximum atomic E-state index is 12.2. The summed E-state index contributed by atoms with van der Waals surface area (Å²) in [5, 5.41) is 0. The zero-order chi connectivity index (χ0) is 20.5. The van der Waals surface area contributed by atoms with Crippen molar-refractivity contribution in [2.75, 3.05) is 46.7 Å². The van der Waals surface area contributed by atoms with Crippen molar-refractivity contribution in [3.8, 4) is 0 Å². The van der Waals surface area contributed by atoms with E-state index in [0.717, 1.165) is 4.90 Å². The number of rotatable bonds is 12. The highest BCUT2D eigenvalue weighted by atomic mass is 32.2. The minimum atomic E-state index is -4.28. The SMILES string of the molecule is C=C(C)C(=O)OCC(CSc1ccccc1)OP(=O)(O)OCC[N+](C)(C)C. The topological polar surface area (TPSA) is 82.1 Å². The average Bonchev–Trinajstić information content (AvgIpc) is 2.56. The van der Waals surface area contributed by atoms with Crippen LogP contribution >= 0.6 is 19.6 Å². The van der Waals surface area contributed by atoms with Gasteiger partial charge in [0.25, 0.3) is 0 Å². The molecule has 0 bridgehead atoms. The summed E-state index contributed by atoms with van der Waals surface area (Å²) in [6.07, 6.45) is -0.807. The number of benzene rings is 1. The van der Waals surface area contributed by atoms with E-state index in [1.165, 1.54) is 18.7 Å². The van der Waals surface area contributed by atoms with Crippen LogP contribution in [0.4, 0.5) is 0 Å². The van der Waals surface area contributed by atoms with Crippen LogP contribution in [0.2, 0.25) is 0 Å². The molecule has 152 valence electrons. The third-order valence-corrected chi connectivity index (χ3v) is 5.44. The van der Waals surface area contributed by atoms with E-state index in [4.69, 9.17) is 13.8 Å². The monoisotopic (exact) mass is 418 g/mol. The van der Waals surface area contributed by atoms with Gasteiger partial charge < -0.3 is 14.1 Å². The van der Waals surface area contributed by atoms with Gasteiger partial charge in [-0.3, -0.25) is 9.05 Å². The molecule has 27 heavy (non-hydrogen) atoms. The molecule has 0 amide bonds. The highest BCUT2D eigenvalue weighted by molar-refractivity contribution is 7.99. The molecule has 1 aromatic carbocycles. The number of carbonyl (C=O) groups excluding carboxylic acids is 1. The summed E-state index contributed by atoms with van der Waals surface area (Å²) in [5.74, 6) is -0.261. The maximum Gasteiger partial charge on any atom is 0.472 e. The number of likely N-dealkylation sites (N-methyl/N-ethyl adjacent to an activating group) is 1. The van der Waals surface area contributed by atoms with Crippen LogP contribution in [-0.2, 0) is 23.1 Å². The van der Waals surface area contributed by atoms with Gasteiger partial charge in [-0.05, 0) is 19.1 Å². The number of nitrogens with zero attached hydrogens (tertiary/aromatic N) is 1. The normalized spacial score (nSPS) is 15.0. The predicted molar refractivity (Wildman–Crippen MR) is 106 cm³/mol. The fraction of sp³-hybridized carbons (Fsp3) is 0.500. The Labute approximate surface area is 165 Å². The van der Waals surface area contributed by atoms with Gasteiger partial charge in [0.15, 0.2) is 0 Å². The molecule has 0 radical (unpaired) electrons. The fourth-order valence-electron chi connectivity index (χ4n) is 1.76. The van der Waals surface area contributed by atoms with Crippen LogP contribution in [0.1, 0.15) is 6.92 Å². The quantitative estimate of drug-likeness (QED) is 0.184. The number of phosphoric acid groups is 1. The first kappa shape index (κ1) is 23.9. The number of hydrogen-bond acceptors (Lipinski definition) is 6. The lowest BCUT2D eigenvalue weighted by atomic mass is 10.3. The average molecular weight is 418 g/mol. The molecule has 1 rings (SSSR count). The van der Waals surface area contributed by atoms with Crippen LogP contribution in [0, 0.1) is 0 Å². The summed E-state index contributed by atoms with van der Waals surface area (Å²) >= 11 is 1.43. The van der Waals surface area contributed by atoms with E-state index in [1.54, 1.807) is 0 Å². The Morgan fingerprint density at radius 3 is 2.48 bits per heavy atom. The zero-order valence-electron chi connectivity index (χ0n) is 16.3. The molecular weight excluding hydrogens is 389 g/mol. The van der Waals surface area contributed by atoms with E-state index in [1.807, 2.05) is 51.5 Å². The second kappa shape index (κ2) is 11.0. The minimum Gasteiger partial charge on any atom is -0.460 e. The molecule has 2 atom stereocenters. The van der Waals surface area contributed by atoms with Crippen LogP contribution < -0.4 is 0 Å². The molecule has 0 fully saturated rings. The van der Waals surface area contributed by atoms with Gasteiger partial charge in [0, 0.05) is 16.2 Å². The molecule has 0 aliphatic rings. The second-order valence-corrected chi connectivity index (χ2v) is 9.55. The van der Waals surface area contributed by atoms with E-state index >= 15 is 0 Å². The van der Waals surface area contributed by atoms with Gasteiger partial charge in [-0.15, -0.1) is 11.8 Å². The first-order valence-electron chi connectivity index (χ1n) is 8.45. The Hall–Kier alpha value is -1.15. The molecule has 0 saturated heterocycles. The molecule has 1 aromatic rings. The molecule has 7 nitrogen and oxygen atoms in total. The second-order valence-electron chi connectivity index (χ2n) is 7.05. The van der Waals surface area contributed by atoms with Crippen molar-refractivity contribution >= 4 is 25.6 Å². The minimum absolute atomic E-state index is 0.0708. The Morgan fingerprint density at radius 2 is 1.93 bits per heavy atom. The molecule has 0 heterocycles. The molecule has 2 unspecified atom stereocenters. The largest absolute Gasteiger partial charge is 0.472 e. The van der Waals surface area contributed by atoms with Crippen LogP contribution in [-0.4, -0.2) is 68.1 Å². The summed E-state index contributed by atoms with van der Waals surface area (Å²) in [7, 11) is 1.57. The van der Waals surface area contributed by atoms with Crippen molar-refractivity contribution in [2.24, 2.45) is 0 Å². The standard InChI is InChI=1S/C18H28NO6PS/c1-15(2)18(20)23-13-16(14-27-17-9-7-6-8-10-17)25-26(21,22)24-12-11-19(3,4)5/h6-10,16H,1,11-14H2,2-5H3/p+1. The molecule has 1 N–H and O–H groups in total. The van der Waals surface area contributed by atoms with Crippen molar-refractivity contribution < 1.29 is 32.5 Å². The number of thioether (sulfide) groups is 1. The number of carbonyl (C=O) groups is 1. The molecule has 0 aromatic heterocycles. The molecule has 9 heteroatoms.